The van der Waals surface area contributed by atoms with E-state index in [1.54, 1.807) is 24.3 Å². The largest absolute Gasteiger partial charge is 0.352 e. The molecule has 0 aromatic heterocycles. The highest BCUT2D eigenvalue weighted by molar-refractivity contribution is 7.92. The molecule has 0 bridgehead atoms. The third kappa shape index (κ3) is 8.86. The van der Waals surface area contributed by atoms with Crippen molar-refractivity contribution in [2.75, 3.05) is 17.1 Å². The molecule has 2 atom stereocenters. The number of rotatable bonds is 12. The van der Waals surface area contributed by atoms with Gasteiger partial charge >= 0.3 is 0 Å². The molecule has 3 rings (SSSR count). The number of nitrogens with one attached hydrogen (secondary N) is 1. The molecule has 2 amide bonds. The Bertz CT molecular complexity index is 1420. The fraction of sp³-hybridized carbons (Fsp3) is 0.310. The van der Waals surface area contributed by atoms with E-state index in [1.807, 2.05) is 44.2 Å². The molecule has 0 aliphatic rings. The Morgan fingerprint density at radius 3 is 2.12 bits per heavy atom. The van der Waals surface area contributed by atoms with Crippen molar-refractivity contribution in [3.8, 4) is 0 Å². The lowest BCUT2D eigenvalue weighted by Gasteiger charge is -2.34. The van der Waals surface area contributed by atoms with Crippen LogP contribution in [0.2, 0.25) is 15.1 Å². The van der Waals surface area contributed by atoms with E-state index in [0.29, 0.717) is 11.4 Å². The van der Waals surface area contributed by atoms with E-state index in [1.165, 1.54) is 23.1 Å². The third-order valence-electron chi connectivity index (χ3n) is 6.41. The van der Waals surface area contributed by atoms with E-state index < -0.39 is 28.5 Å². The van der Waals surface area contributed by atoms with E-state index in [0.717, 1.165) is 21.7 Å². The zero-order valence-corrected chi connectivity index (χ0v) is 25.6. The quantitative estimate of drug-likeness (QED) is 0.269. The summed E-state index contributed by atoms with van der Waals surface area (Å²) >= 11 is 18.3. The summed E-state index contributed by atoms with van der Waals surface area (Å²) in [5.74, 6) is -0.896. The molecule has 0 heterocycles. The normalized spacial score (nSPS) is 12.8. The van der Waals surface area contributed by atoms with E-state index in [-0.39, 0.29) is 40.6 Å². The number of carbonyl (C=O) groups is 2. The summed E-state index contributed by atoms with van der Waals surface area (Å²) in [4.78, 5) is 29.1. The molecule has 3 aromatic carbocycles. The fourth-order valence-electron chi connectivity index (χ4n) is 4.04. The highest BCUT2D eigenvalue weighted by Crippen LogP contribution is 2.29. The fourth-order valence-corrected chi connectivity index (χ4v) is 5.30. The first kappa shape index (κ1) is 31.7. The maximum atomic E-state index is 14.0. The van der Waals surface area contributed by atoms with Gasteiger partial charge in [-0.3, -0.25) is 13.9 Å². The Morgan fingerprint density at radius 1 is 0.900 bits per heavy atom. The first-order valence-electron chi connectivity index (χ1n) is 12.7. The van der Waals surface area contributed by atoms with Crippen molar-refractivity contribution in [2.45, 2.75) is 45.3 Å². The van der Waals surface area contributed by atoms with Crippen molar-refractivity contribution in [3.05, 3.63) is 99.0 Å². The lowest BCUT2D eigenvalue weighted by Crippen LogP contribution is -2.54. The molecule has 0 saturated heterocycles. The summed E-state index contributed by atoms with van der Waals surface area (Å²) in [5.41, 5.74) is 1.76. The minimum absolute atomic E-state index is 0.0560. The average molecular weight is 625 g/mol. The van der Waals surface area contributed by atoms with Crippen LogP contribution in [0.4, 0.5) is 5.69 Å². The Kier molecular flexibility index (Phi) is 11.3. The predicted molar refractivity (Wildman–Crippen MR) is 162 cm³/mol. The summed E-state index contributed by atoms with van der Waals surface area (Å²) in [7, 11) is -3.92. The lowest BCUT2D eigenvalue weighted by atomic mass is 10.0. The maximum absolute atomic E-state index is 14.0. The molecule has 0 fully saturated rings. The van der Waals surface area contributed by atoms with Gasteiger partial charge in [0.15, 0.2) is 0 Å². The second-order valence-electron chi connectivity index (χ2n) is 9.54. The molecule has 214 valence electrons. The van der Waals surface area contributed by atoms with Crippen LogP contribution >= 0.6 is 34.8 Å². The molecule has 0 aliphatic heterocycles. The van der Waals surface area contributed by atoms with E-state index in [9.17, 15) is 18.0 Å². The SMILES string of the molecule is CCC(C)NC(=O)C(Cc1ccccc1)N(Cc1ccc(Cl)cc1)C(=O)CN(c1ccc(Cl)c(Cl)c1)S(C)(=O)=O. The molecule has 40 heavy (non-hydrogen) atoms. The highest BCUT2D eigenvalue weighted by Gasteiger charge is 2.33. The number of halogens is 3. The number of carbonyl (C=O) groups excluding carboxylic acids is 2. The minimum Gasteiger partial charge on any atom is -0.352 e. The van der Waals surface area contributed by atoms with Gasteiger partial charge in [-0.05, 0) is 54.8 Å². The van der Waals surface area contributed by atoms with Gasteiger partial charge in [0.1, 0.15) is 12.6 Å². The molecule has 0 aliphatic carbocycles. The molecular formula is C29H32Cl3N3O4S. The molecule has 2 unspecified atom stereocenters. The van der Waals surface area contributed by atoms with Crippen LogP contribution in [0.25, 0.3) is 0 Å². The maximum Gasteiger partial charge on any atom is 0.244 e. The van der Waals surface area contributed by atoms with Gasteiger partial charge in [-0.1, -0.05) is 84.2 Å². The van der Waals surface area contributed by atoms with Crippen LogP contribution in [0.5, 0.6) is 0 Å². The Hall–Kier alpha value is -2.78. The van der Waals surface area contributed by atoms with E-state index >= 15 is 0 Å². The Balaban J connectivity index is 2.06. The van der Waals surface area contributed by atoms with Gasteiger partial charge in [0.2, 0.25) is 21.8 Å². The molecule has 11 heteroatoms. The molecule has 7 nitrogen and oxygen atoms in total. The summed E-state index contributed by atoms with van der Waals surface area (Å²) in [6.45, 7) is 3.35. The first-order chi connectivity index (χ1) is 18.9. The molecular weight excluding hydrogens is 593 g/mol. The molecule has 0 saturated carbocycles. The minimum atomic E-state index is -3.92. The monoisotopic (exact) mass is 623 g/mol. The van der Waals surface area contributed by atoms with Gasteiger partial charge in [0.05, 0.1) is 22.0 Å². The first-order valence-corrected chi connectivity index (χ1v) is 15.7. The highest BCUT2D eigenvalue weighted by atomic mass is 35.5. The van der Waals surface area contributed by atoms with Crippen LogP contribution in [-0.4, -0.2) is 50.0 Å². The number of anilines is 1. The zero-order chi connectivity index (χ0) is 29.4. The number of nitrogens with zero attached hydrogens (tertiary/aromatic N) is 2. The van der Waals surface area contributed by atoms with Gasteiger partial charge in [0, 0.05) is 24.0 Å². The Labute approximate surface area is 251 Å². The second-order valence-corrected chi connectivity index (χ2v) is 12.7. The Morgan fingerprint density at radius 2 is 1.55 bits per heavy atom. The number of hydrogen-bond acceptors (Lipinski definition) is 4. The topological polar surface area (TPSA) is 86.8 Å². The van der Waals surface area contributed by atoms with Gasteiger partial charge in [-0.15, -0.1) is 0 Å². The lowest BCUT2D eigenvalue weighted by molar-refractivity contribution is -0.140. The van der Waals surface area contributed by atoms with E-state index in [2.05, 4.69) is 5.32 Å². The molecule has 0 spiro atoms. The van der Waals surface area contributed by atoms with Gasteiger partial charge < -0.3 is 10.2 Å². The van der Waals surface area contributed by atoms with Gasteiger partial charge in [-0.25, -0.2) is 8.42 Å². The van der Waals surface area contributed by atoms with Crippen molar-refractivity contribution >= 4 is 62.3 Å². The van der Waals surface area contributed by atoms with Crippen molar-refractivity contribution in [2.24, 2.45) is 0 Å². The predicted octanol–water partition coefficient (Wildman–Crippen LogP) is 5.97. The van der Waals surface area contributed by atoms with Gasteiger partial charge in [0.25, 0.3) is 0 Å². The molecule has 0 radical (unpaired) electrons. The number of amides is 2. The van der Waals surface area contributed by atoms with Gasteiger partial charge in [-0.2, -0.15) is 0 Å². The number of hydrogen-bond donors (Lipinski definition) is 1. The van der Waals surface area contributed by atoms with Crippen LogP contribution < -0.4 is 9.62 Å². The summed E-state index contributed by atoms with van der Waals surface area (Å²) < 4.78 is 26.6. The molecule has 1 N–H and O–H groups in total. The van der Waals surface area contributed by atoms with Crippen molar-refractivity contribution in [1.82, 2.24) is 10.2 Å². The van der Waals surface area contributed by atoms with Crippen molar-refractivity contribution < 1.29 is 18.0 Å². The average Bonchev–Trinajstić information content (AvgIpc) is 2.91. The van der Waals surface area contributed by atoms with Crippen molar-refractivity contribution in [1.29, 1.82) is 0 Å². The third-order valence-corrected chi connectivity index (χ3v) is 8.54. The van der Waals surface area contributed by atoms with Crippen molar-refractivity contribution in [3.63, 3.8) is 0 Å². The standard InChI is InChI=1S/C29H32Cl3N3O4S/c1-4-20(2)33-29(37)27(16-21-8-6-5-7-9-21)34(18-22-10-12-23(30)13-11-22)28(36)19-35(40(3,38)39)24-14-15-25(31)26(32)17-24/h5-15,17,20,27H,4,16,18-19H2,1-3H3,(H,33,37). The number of benzene rings is 3. The summed E-state index contributed by atoms with van der Waals surface area (Å²) in [6, 6.07) is 19.6. The van der Waals surface area contributed by atoms with Crippen LogP contribution in [0, 0.1) is 0 Å². The molecule has 3 aromatic rings. The smallest absolute Gasteiger partial charge is 0.244 e. The second kappa shape index (κ2) is 14.2. The summed E-state index contributed by atoms with van der Waals surface area (Å²) in [5, 5.41) is 3.91. The van der Waals surface area contributed by atoms with Crippen LogP contribution in [0.15, 0.2) is 72.8 Å². The summed E-state index contributed by atoms with van der Waals surface area (Å²) in [6.07, 6.45) is 1.94. The van der Waals surface area contributed by atoms with E-state index in [4.69, 9.17) is 34.8 Å². The van der Waals surface area contributed by atoms with Crippen LogP contribution in [0.3, 0.4) is 0 Å². The zero-order valence-electron chi connectivity index (χ0n) is 22.5. The number of sulfonamides is 1. The van der Waals surface area contributed by atoms with Crippen LogP contribution in [0.1, 0.15) is 31.4 Å². The van der Waals surface area contributed by atoms with Crippen LogP contribution in [-0.2, 0) is 32.6 Å².